The molecule has 6 heteroatoms. The minimum atomic E-state index is -0.649. The van der Waals surface area contributed by atoms with Crippen LogP contribution in [-0.4, -0.2) is 15.0 Å². The first-order valence-electron chi connectivity index (χ1n) is 6.05. The van der Waals surface area contributed by atoms with Gasteiger partial charge in [0.25, 0.3) is 5.69 Å². The molecule has 0 aliphatic carbocycles. The van der Waals surface area contributed by atoms with Crippen LogP contribution < -0.4 is 4.74 Å². The number of nitro groups is 1. The van der Waals surface area contributed by atoms with E-state index in [4.69, 9.17) is 4.74 Å². The second kappa shape index (κ2) is 5.66. The standard InChI is InChI=1S/C14H14N2O4/c1-9-13(16(18)19)4-3-5-14(9)20-11-6-7-12(10(2)17)15-8-11/h3-8,10,17H,1-2H3/t10-/m1/s1. The van der Waals surface area contributed by atoms with Gasteiger partial charge in [0.2, 0.25) is 0 Å². The largest absolute Gasteiger partial charge is 0.455 e. The van der Waals surface area contributed by atoms with E-state index in [9.17, 15) is 15.2 Å². The van der Waals surface area contributed by atoms with Crippen molar-refractivity contribution in [2.24, 2.45) is 0 Å². The fraction of sp³-hybridized carbons (Fsp3) is 0.214. The maximum absolute atomic E-state index is 10.9. The number of hydrogen-bond acceptors (Lipinski definition) is 5. The van der Waals surface area contributed by atoms with Crippen molar-refractivity contribution in [3.8, 4) is 11.5 Å². The van der Waals surface area contributed by atoms with Gasteiger partial charge in [-0.05, 0) is 32.0 Å². The smallest absolute Gasteiger partial charge is 0.276 e. The number of rotatable bonds is 4. The van der Waals surface area contributed by atoms with E-state index in [0.717, 1.165) is 0 Å². The van der Waals surface area contributed by atoms with Crippen molar-refractivity contribution >= 4 is 5.69 Å². The molecule has 20 heavy (non-hydrogen) atoms. The lowest BCUT2D eigenvalue weighted by molar-refractivity contribution is -0.385. The van der Waals surface area contributed by atoms with E-state index < -0.39 is 11.0 Å². The molecular weight excluding hydrogens is 260 g/mol. The van der Waals surface area contributed by atoms with Gasteiger partial charge in [0.05, 0.1) is 28.5 Å². The van der Waals surface area contributed by atoms with Crippen LogP contribution in [0.3, 0.4) is 0 Å². The molecule has 104 valence electrons. The molecule has 0 unspecified atom stereocenters. The van der Waals surface area contributed by atoms with Crippen LogP contribution in [0.2, 0.25) is 0 Å². The van der Waals surface area contributed by atoms with Gasteiger partial charge in [0, 0.05) is 6.07 Å². The van der Waals surface area contributed by atoms with Crippen LogP contribution in [0, 0.1) is 17.0 Å². The lowest BCUT2D eigenvalue weighted by Crippen LogP contribution is -1.97. The number of nitrogens with zero attached hydrogens (tertiary/aromatic N) is 2. The lowest BCUT2D eigenvalue weighted by Gasteiger charge is -2.09. The van der Waals surface area contributed by atoms with Crippen molar-refractivity contribution in [3.63, 3.8) is 0 Å². The molecule has 0 spiro atoms. The van der Waals surface area contributed by atoms with Gasteiger partial charge in [-0.1, -0.05) is 6.07 Å². The predicted molar refractivity (Wildman–Crippen MR) is 72.8 cm³/mol. The normalized spacial score (nSPS) is 11.9. The SMILES string of the molecule is Cc1c(Oc2ccc([C@@H](C)O)nc2)cccc1[N+](=O)[O-]. The van der Waals surface area contributed by atoms with Crippen LogP contribution in [0.5, 0.6) is 11.5 Å². The monoisotopic (exact) mass is 274 g/mol. The molecule has 0 bridgehead atoms. The summed E-state index contributed by atoms with van der Waals surface area (Å²) in [4.78, 5) is 14.5. The van der Waals surface area contributed by atoms with Crippen LogP contribution >= 0.6 is 0 Å². The number of aromatic nitrogens is 1. The summed E-state index contributed by atoms with van der Waals surface area (Å²) in [7, 11) is 0. The van der Waals surface area contributed by atoms with Crippen LogP contribution in [0.15, 0.2) is 36.5 Å². The Morgan fingerprint density at radius 3 is 2.65 bits per heavy atom. The Bertz CT molecular complexity index is 624. The van der Waals surface area contributed by atoms with E-state index in [0.29, 0.717) is 22.8 Å². The third-order valence-electron chi connectivity index (χ3n) is 2.87. The fourth-order valence-electron chi connectivity index (χ4n) is 1.74. The van der Waals surface area contributed by atoms with Crippen molar-refractivity contribution in [2.45, 2.75) is 20.0 Å². The van der Waals surface area contributed by atoms with Gasteiger partial charge in [0.1, 0.15) is 11.5 Å². The highest BCUT2D eigenvalue weighted by Gasteiger charge is 2.14. The van der Waals surface area contributed by atoms with Crippen molar-refractivity contribution in [1.82, 2.24) is 4.98 Å². The maximum Gasteiger partial charge on any atom is 0.276 e. The first-order chi connectivity index (χ1) is 9.49. The van der Waals surface area contributed by atoms with E-state index in [2.05, 4.69) is 4.98 Å². The van der Waals surface area contributed by atoms with Crippen LogP contribution in [-0.2, 0) is 0 Å². The second-order valence-electron chi connectivity index (χ2n) is 4.35. The van der Waals surface area contributed by atoms with Crippen LogP contribution in [0.4, 0.5) is 5.69 Å². The van der Waals surface area contributed by atoms with Gasteiger partial charge in [-0.25, -0.2) is 0 Å². The summed E-state index contributed by atoms with van der Waals surface area (Å²) in [6.45, 7) is 3.25. The molecule has 1 N–H and O–H groups in total. The highest BCUT2D eigenvalue weighted by atomic mass is 16.6. The number of nitro benzene ring substituents is 1. The van der Waals surface area contributed by atoms with E-state index in [1.54, 1.807) is 38.1 Å². The summed E-state index contributed by atoms with van der Waals surface area (Å²) in [6, 6.07) is 7.96. The number of ether oxygens (including phenoxy) is 1. The zero-order valence-electron chi connectivity index (χ0n) is 11.1. The molecule has 0 saturated carbocycles. The summed E-state index contributed by atoms with van der Waals surface area (Å²) in [5.41, 5.74) is 1.00. The molecule has 0 aliphatic rings. The number of hydrogen-bond donors (Lipinski definition) is 1. The van der Waals surface area contributed by atoms with Crippen molar-refractivity contribution < 1.29 is 14.8 Å². The molecular formula is C14H14N2O4. The zero-order chi connectivity index (χ0) is 14.7. The van der Waals surface area contributed by atoms with Gasteiger partial charge in [-0.15, -0.1) is 0 Å². The Balaban J connectivity index is 2.26. The van der Waals surface area contributed by atoms with Gasteiger partial charge >= 0.3 is 0 Å². The average Bonchev–Trinajstić information content (AvgIpc) is 2.41. The van der Waals surface area contributed by atoms with Crippen molar-refractivity contribution in [3.05, 3.63) is 57.9 Å². The summed E-state index contributed by atoms with van der Waals surface area (Å²) in [5, 5.41) is 20.2. The van der Waals surface area contributed by atoms with Crippen LogP contribution in [0.1, 0.15) is 24.3 Å². The van der Waals surface area contributed by atoms with Gasteiger partial charge in [0.15, 0.2) is 0 Å². The number of aliphatic hydroxyl groups is 1. The Kier molecular flexibility index (Phi) is 3.95. The summed E-state index contributed by atoms with van der Waals surface area (Å²) in [5.74, 6) is 0.865. The molecule has 1 aromatic carbocycles. The van der Waals surface area contributed by atoms with E-state index in [-0.39, 0.29) is 5.69 Å². The first kappa shape index (κ1) is 14.0. The average molecular weight is 274 g/mol. The Hall–Kier alpha value is -2.47. The molecule has 0 saturated heterocycles. The van der Waals surface area contributed by atoms with Crippen molar-refractivity contribution in [1.29, 1.82) is 0 Å². The molecule has 0 amide bonds. The Labute approximate surface area is 115 Å². The lowest BCUT2D eigenvalue weighted by atomic mass is 10.2. The zero-order valence-corrected chi connectivity index (χ0v) is 11.1. The van der Waals surface area contributed by atoms with Crippen molar-refractivity contribution in [2.75, 3.05) is 0 Å². The fourth-order valence-corrected chi connectivity index (χ4v) is 1.74. The number of aliphatic hydroxyl groups excluding tert-OH is 1. The molecule has 2 rings (SSSR count). The van der Waals surface area contributed by atoms with E-state index in [1.165, 1.54) is 12.3 Å². The number of benzene rings is 1. The topological polar surface area (TPSA) is 85.5 Å². The molecule has 1 heterocycles. The maximum atomic E-state index is 10.9. The Morgan fingerprint density at radius 1 is 1.35 bits per heavy atom. The molecule has 1 aromatic heterocycles. The van der Waals surface area contributed by atoms with Crippen LogP contribution in [0.25, 0.3) is 0 Å². The Morgan fingerprint density at radius 2 is 2.10 bits per heavy atom. The number of pyridine rings is 1. The molecule has 0 aliphatic heterocycles. The highest BCUT2D eigenvalue weighted by molar-refractivity contribution is 5.49. The van der Waals surface area contributed by atoms with Gasteiger partial charge in [-0.3, -0.25) is 15.1 Å². The summed E-state index contributed by atoms with van der Waals surface area (Å²) >= 11 is 0. The second-order valence-corrected chi connectivity index (χ2v) is 4.35. The molecule has 1 atom stereocenters. The summed E-state index contributed by atoms with van der Waals surface area (Å²) in [6.07, 6.45) is 0.823. The molecule has 6 nitrogen and oxygen atoms in total. The predicted octanol–water partition coefficient (Wildman–Crippen LogP) is 3.14. The third-order valence-corrected chi connectivity index (χ3v) is 2.87. The van der Waals surface area contributed by atoms with Gasteiger partial charge < -0.3 is 9.84 Å². The quantitative estimate of drug-likeness (QED) is 0.683. The van der Waals surface area contributed by atoms with Gasteiger partial charge in [-0.2, -0.15) is 0 Å². The summed E-state index contributed by atoms with van der Waals surface area (Å²) < 4.78 is 5.59. The molecule has 0 fully saturated rings. The third kappa shape index (κ3) is 2.92. The first-order valence-corrected chi connectivity index (χ1v) is 6.05. The van der Waals surface area contributed by atoms with E-state index >= 15 is 0 Å². The highest BCUT2D eigenvalue weighted by Crippen LogP contribution is 2.30. The molecule has 0 radical (unpaired) electrons. The minimum absolute atomic E-state index is 0.0102. The van der Waals surface area contributed by atoms with E-state index in [1.807, 2.05) is 0 Å². The molecule has 2 aromatic rings. The minimum Gasteiger partial charge on any atom is -0.455 e.